The topological polar surface area (TPSA) is 91.2 Å². The van der Waals surface area contributed by atoms with E-state index in [2.05, 4.69) is 10.2 Å². The highest BCUT2D eigenvalue weighted by molar-refractivity contribution is 5.81. The molecule has 2 aliphatic rings. The van der Waals surface area contributed by atoms with E-state index in [-0.39, 0.29) is 30.0 Å². The lowest BCUT2D eigenvalue weighted by molar-refractivity contribution is -0.131. The van der Waals surface area contributed by atoms with E-state index < -0.39 is 0 Å². The average Bonchev–Trinajstić information content (AvgIpc) is 3.40. The Kier molecular flexibility index (Phi) is 4.75. The lowest BCUT2D eigenvalue weighted by atomic mass is 10.0. The van der Waals surface area contributed by atoms with Crippen molar-refractivity contribution >= 4 is 5.91 Å². The number of aromatic nitrogens is 3. The number of hydrogen-bond donors (Lipinski definition) is 2. The summed E-state index contributed by atoms with van der Waals surface area (Å²) in [6.45, 7) is 1.37. The second-order valence-electron chi connectivity index (χ2n) is 8.17. The van der Waals surface area contributed by atoms with Gasteiger partial charge in [0.25, 0.3) is 0 Å². The van der Waals surface area contributed by atoms with Gasteiger partial charge in [0.05, 0.1) is 12.3 Å². The maximum atomic E-state index is 12.5. The summed E-state index contributed by atoms with van der Waals surface area (Å²) in [6, 6.07) is 15.5. The van der Waals surface area contributed by atoms with Gasteiger partial charge in [0.1, 0.15) is 5.82 Å². The van der Waals surface area contributed by atoms with E-state index in [1.54, 1.807) is 4.57 Å². The van der Waals surface area contributed by atoms with Crippen LogP contribution >= 0.6 is 0 Å². The smallest absolute Gasteiger partial charge is 0.347 e. The minimum absolute atomic E-state index is 0.0241. The number of carbonyl (C=O) groups is 1. The molecule has 1 unspecified atom stereocenters. The Hall–Kier alpha value is -3.19. The Morgan fingerprint density at radius 2 is 1.70 bits per heavy atom. The van der Waals surface area contributed by atoms with Crippen LogP contribution in [0.15, 0.2) is 53.3 Å². The molecule has 7 nitrogen and oxygen atoms in total. The second-order valence-corrected chi connectivity index (χ2v) is 8.17. The molecule has 0 spiro atoms. The number of carbonyl (C=O) groups excluding carboxylic acids is 1. The van der Waals surface area contributed by atoms with Gasteiger partial charge in [-0.3, -0.25) is 4.79 Å². The third kappa shape index (κ3) is 3.45. The zero-order chi connectivity index (χ0) is 20.7. The van der Waals surface area contributed by atoms with Crippen molar-refractivity contribution < 1.29 is 9.90 Å². The van der Waals surface area contributed by atoms with Crippen molar-refractivity contribution in [1.29, 1.82) is 0 Å². The zero-order valence-corrected chi connectivity index (χ0v) is 16.6. The zero-order valence-electron chi connectivity index (χ0n) is 16.6. The number of amides is 1. The molecule has 2 heterocycles. The van der Waals surface area contributed by atoms with Crippen molar-refractivity contribution in [2.24, 2.45) is 5.92 Å². The molecule has 1 saturated carbocycles. The number of nitrogens with one attached hydrogen (secondary N) is 1. The van der Waals surface area contributed by atoms with E-state index in [1.807, 2.05) is 53.4 Å². The van der Waals surface area contributed by atoms with Gasteiger partial charge in [-0.05, 0) is 48.1 Å². The summed E-state index contributed by atoms with van der Waals surface area (Å²) in [4.78, 5) is 26.8. The SMILES string of the molecule is O=C(C1CC1)N1CCC(c2n[nH]c(=O)n2-c2ccc(-c3ccc(CO)cc3)cc2)C1. The molecule has 0 bridgehead atoms. The van der Waals surface area contributed by atoms with Gasteiger partial charge in [-0.1, -0.05) is 36.4 Å². The summed E-state index contributed by atoms with van der Waals surface area (Å²) in [6.07, 6.45) is 2.82. The Balaban J connectivity index is 1.39. The summed E-state index contributed by atoms with van der Waals surface area (Å²) in [5, 5.41) is 16.1. The van der Waals surface area contributed by atoms with Crippen LogP contribution in [0.5, 0.6) is 0 Å². The molecule has 3 aromatic rings. The number of aliphatic hydroxyl groups excluding tert-OH is 1. The van der Waals surface area contributed by atoms with Gasteiger partial charge in [0, 0.05) is 24.9 Å². The predicted octanol–water partition coefficient (Wildman–Crippen LogP) is 2.45. The normalized spacial score (nSPS) is 18.7. The summed E-state index contributed by atoms with van der Waals surface area (Å²) < 4.78 is 1.62. The second kappa shape index (κ2) is 7.57. The fourth-order valence-electron chi connectivity index (χ4n) is 4.20. The molecular weight excluding hydrogens is 380 g/mol. The Labute approximate surface area is 174 Å². The van der Waals surface area contributed by atoms with E-state index in [1.165, 1.54) is 0 Å². The van der Waals surface area contributed by atoms with Gasteiger partial charge in [-0.25, -0.2) is 14.5 Å². The first-order valence-corrected chi connectivity index (χ1v) is 10.4. The molecule has 1 amide bonds. The highest BCUT2D eigenvalue weighted by Crippen LogP contribution is 2.35. The molecule has 1 saturated heterocycles. The number of aliphatic hydroxyl groups is 1. The fourth-order valence-corrected chi connectivity index (χ4v) is 4.20. The van der Waals surface area contributed by atoms with Crippen molar-refractivity contribution in [2.45, 2.75) is 31.8 Å². The quantitative estimate of drug-likeness (QED) is 0.683. The maximum absolute atomic E-state index is 12.5. The van der Waals surface area contributed by atoms with E-state index in [0.717, 1.165) is 48.2 Å². The molecule has 2 fully saturated rings. The number of nitrogens with zero attached hydrogens (tertiary/aromatic N) is 3. The van der Waals surface area contributed by atoms with Crippen LogP contribution in [0, 0.1) is 5.92 Å². The van der Waals surface area contributed by atoms with Gasteiger partial charge in [-0.15, -0.1) is 0 Å². The van der Waals surface area contributed by atoms with Gasteiger partial charge >= 0.3 is 5.69 Å². The molecule has 1 aromatic heterocycles. The molecule has 2 N–H and O–H groups in total. The van der Waals surface area contributed by atoms with Crippen LogP contribution in [0.25, 0.3) is 16.8 Å². The van der Waals surface area contributed by atoms with Crippen LogP contribution < -0.4 is 5.69 Å². The largest absolute Gasteiger partial charge is 0.392 e. The first-order valence-electron chi connectivity index (χ1n) is 10.4. The summed E-state index contributed by atoms with van der Waals surface area (Å²) in [5.74, 6) is 1.20. The van der Waals surface area contributed by atoms with Crippen LogP contribution in [0.4, 0.5) is 0 Å². The highest BCUT2D eigenvalue weighted by Gasteiger charge is 2.38. The van der Waals surface area contributed by atoms with Crippen molar-refractivity contribution in [3.05, 3.63) is 70.4 Å². The Morgan fingerprint density at radius 3 is 2.33 bits per heavy atom. The lowest BCUT2D eigenvalue weighted by Gasteiger charge is -2.16. The maximum Gasteiger partial charge on any atom is 0.347 e. The van der Waals surface area contributed by atoms with Crippen LogP contribution in [0.3, 0.4) is 0 Å². The lowest BCUT2D eigenvalue weighted by Crippen LogP contribution is -2.30. The monoisotopic (exact) mass is 404 g/mol. The first-order chi connectivity index (χ1) is 14.6. The Morgan fingerprint density at radius 1 is 1.03 bits per heavy atom. The van der Waals surface area contributed by atoms with Crippen molar-refractivity contribution in [2.75, 3.05) is 13.1 Å². The summed E-state index contributed by atoms with van der Waals surface area (Å²) in [7, 11) is 0. The molecule has 154 valence electrons. The highest BCUT2D eigenvalue weighted by atomic mass is 16.3. The minimum Gasteiger partial charge on any atom is -0.392 e. The number of likely N-dealkylation sites (tertiary alicyclic amines) is 1. The van der Waals surface area contributed by atoms with Gasteiger partial charge < -0.3 is 10.0 Å². The third-order valence-corrected chi connectivity index (χ3v) is 6.09. The minimum atomic E-state index is -0.267. The van der Waals surface area contributed by atoms with Crippen molar-refractivity contribution in [3.8, 4) is 16.8 Å². The van der Waals surface area contributed by atoms with E-state index >= 15 is 0 Å². The first kappa shape index (κ1) is 18.8. The van der Waals surface area contributed by atoms with Crippen LogP contribution in [0.1, 0.15) is 36.6 Å². The average molecular weight is 404 g/mol. The van der Waals surface area contributed by atoms with Gasteiger partial charge in [0.2, 0.25) is 5.91 Å². The molecule has 2 aromatic carbocycles. The van der Waals surface area contributed by atoms with Crippen LogP contribution in [-0.4, -0.2) is 43.8 Å². The molecule has 30 heavy (non-hydrogen) atoms. The van der Waals surface area contributed by atoms with Crippen LogP contribution in [0.2, 0.25) is 0 Å². The van der Waals surface area contributed by atoms with Crippen molar-refractivity contribution in [3.63, 3.8) is 0 Å². The molecule has 1 aliphatic heterocycles. The van der Waals surface area contributed by atoms with Crippen molar-refractivity contribution in [1.82, 2.24) is 19.7 Å². The standard InChI is InChI=1S/C23H24N4O3/c28-14-15-1-3-16(4-2-15)17-7-9-20(10-8-17)27-21(24-25-23(27)30)19-11-12-26(13-19)22(29)18-5-6-18/h1-4,7-10,18-19,28H,5-6,11-14H2,(H,25,30). The van der Waals surface area contributed by atoms with E-state index in [9.17, 15) is 14.7 Å². The van der Waals surface area contributed by atoms with Crippen LogP contribution in [-0.2, 0) is 11.4 Å². The number of H-pyrrole nitrogens is 1. The summed E-state index contributed by atoms with van der Waals surface area (Å²) >= 11 is 0. The fraction of sp³-hybridized carbons (Fsp3) is 0.348. The molecule has 1 atom stereocenters. The van der Waals surface area contributed by atoms with Gasteiger partial charge in [0.15, 0.2) is 0 Å². The number of hydrogen-bond acceptors (Lipinski definition) is 4. The number of rotatable bonds is 5. The number of benzene rings is 2. The molecular formula is C23H24N4O3. The molecule has 0 radical (unpaired) electrons. The molecule has 1 aliphatic carbocycles. The number of aromatic amines is 1. The Bertz CT molecular complexity index is 1110. The molecule has 5 rings (SSSR count). The molecule has 7 heteroatoms. The predicted molar refractivity (Wildman–Crippen MR) is 112 cm³/mol. The van der Waals surface area contributed by atoms with E-state index in [0.29, 0.717) is 12.4 Å². The summed E-state index contributed by atoms with van der Waals surface area (Å²) in [5.41, 5.74) is 3.44. The van der Waals surface area contributed by atoms with Gasteiger partial charge in [-0.2, -0.15) is 5.10 Å². The third-order valence-electron chi connectivity index (χ3n) is 6.09. The van der Waals surface area contributed by atoms with E-state index in [4.69, 9.17) is 0 Å².